The number of benzene rings is 1. The highest BCUT2D eigenvalue weighted by Gasteiger charge is 2.24. The lowest BCUT2D eigenvalue weighted by molar-refractivity contribution is -0.116. The number of halogens is 3. The Kier molecular flexibility index (Phi) is 8.92. The Hall–Kier alpha value is -3.77. The number of rotatable bonds is 10. The van der Waals surface area contributed by atoms with Crippen LogP contribution < -0.4 is 31.7 Å². The van der Waals surface area contributed by atoms with Crippen molar-refractivity contribution in [2.75, 3.05) is 19.6 Å². The van der Waals surface area contributed by atoms with Crippen molar-refractivity contribution in [3.63, 3.8) is 0 Å². The van der Waals surface area contributed by atoms with Crippen LogP contribution in [-0.2, 0) is 4.79 Å². The van der Waals surface area contributed by atoms with Crippen molar-refractivity contribution in [2.45, 2.75) is 13.0 Å². The summed E-state index contributed by atoms with van der Waals surface area (Å²) in [6.45, 7) is -0.870. The van der Waals surface area contributed by atoms with E-state index in [1.54, 1.807) is 6.08 Å². The van der Waals surface area contributed by atoms with E-state index < -0.39 is 18.4 Å². The third kappa shape index (κ3) is 7.11. The van der Waals surface area contributed by atoms with E-state index in [-0.39, 0.29) is 39.1 Å². The Morgan fingerprint density at radius 1 is 1.40 bits per heavy atom. The third-order valence-electron chi connectivity index (χ3n) is 5.10. The van der Waals surface area contributed by atoms with Crippen LogP contribution in [0.15, 0.2) is 58.8 Å². The maximum atomic E-state index is 13.1. The van der Waals surface area contributed by atoms with Crippen molar-refractivity contribution in [3.8, 4) is 5.75 Å². The lowest BCUT2D eigenvalue weighted by Gasteiger charge is -2.18. The molecule has 3 rings (SSSR count). The van der Waals surface area contributed by atoms with Crippen LogP contribution in [0.4, 0.5) is 8.78 Å². The zero-order valence-electron chi connectivity index (χ0n) is 18.5. The molecule has 8 N–H and O–H groups in total. The molecule has 0 aromatic heterocycles. The monoisotopic (exact) mass is 506 g/mol. The number of ether oxygens (including phenoxy) is 1. The molecule has 1 aromatic carbocycles. The quantitative estimate of drug-likeness (QED) is 0.145. The van der Waals surface area contributed by atoms with Crippen LogP contribution in [0.5, 0.6) is 5.75 Å². The van der Waals surface area contributed by atoms with Crippen LogP contribution in [0.2, 0.25) is 5.02 Å². The molecule has 186 valence electrons. The Morgan fingerprint density at radius 3 is 2.83 bits per heavy atom. The average Bonchev–Trinajstić information content (AvgIpc) is 3.33. The van der Waals surface area contributed by atoms with Crippen molar-refractivity contribution in [1.82, 2.24) is 21.3 Å². The fraction of sp³-hybridized carbons (Fsp3) is 0.273. The molecule has 2 heterocycles. The van der Waals surface area contributed by atoms with Gasteiger partial charge >= 0.3 is 6.61 Å². The standard InChI is InChI=1S/C22H25ClF2N8O2/c23-13-2-3-16(35-22(24)25)14(8-13)18(26)15(11-30-10-12-4-7-29-9-12)33-21(34)17(19(27)28)20-31-5-1-6-32-20/h1-3,5-6,8,11-12,22,26,29-31H,4,7,9-10H2,(H3,27,28)(H,33,34)/b15-11+,20-17-,26-18?. The summed E-state index contributed by atoms with van der Waals surface area (Å²) < 4.78 is 30.4. The lowest BCUT2D eigenvalue weighted by Crippen LogP contribution is -2.36. The number of carbonyl (C=O) groups is 1. The molecule has 2 aliphatic rings. The van der Waals surface area contributed by atoms with Gasteiger partial charge in [0.2, 0.25) is 0 Å². The highest BCUT2D eigenvalue weighted by atomic mass is 35.5. The highest BCUT2D eigenvalue weighted by Crippen LogP contribution is 2.26. The van der Waals surface area contributed by atoms with Gasteiger partial charge in [-0.25, -0.2) is 4.99 Å². The zero-order chi connectivity index (χ0) is 25.4. The predicted molar refractivity (Wildman–Crippen MR) is 130 cm³/mol. The Labute approximate surface area is 205 Å². The molecule has 0 bridgehead atoms. The van der Waals surface area contributed by atoms with E-state index in [0.717, 1.165) is 19.5 Å². The van der Waals surface area contributed by atoms with Gasteiger partial charge in [0, 0.05) is 35.7 Å². The number of amides is 1. The third-order valence-corrected chi connectivity index (χ3v) is 5.33. The van der Waals surface area contributed by atoms with E-state index in [1.807, 2.05) is 0 Å². The van der Waals surface area contributed by atoms with Gasteiger partial charge in [-0.05, 0) is 49.7 Å². The zero-order valence-corrected chi connectivity index (χ0v) is 19.3. The van der Waals surface area contributed by atoms with Gasteiger partial charge in [0.15, 0.2) is 0 Å². The number of amidine groups is 1. The van der Waals surface area contributed by atoms with Gasteiger partial charge in [0.05, 0.1) is 11.4 Å². The van der Waals surface area contributed by atoms with Gasteiger partial charge in [-0.2, -0.15) is 8.78 Å². The van der Waals surface area contributed by atoms with Crippen molar-refractivity contribution < 1.29 is 18.3 Å². The summed E-state index contributed by atoms with van der Waals surface area (Å²) in [5.74, 6) is -1.30. The number of nitrogens with zero attached hydrogens (tertiary/aromatic N) is 1. The molecule has 0 radical (unpaired) electrons. The molecule has 13 heteroatoms. The fourth-order valence-corrected chi connectivity index (χ4v) is 3.60. The molecule has 1 saturated heterocycles. The molecule has 0 aliphatic carbocycles. The Balaban J connectivity index is 1.93. The van der Waals surface area contributed by atoms with Crippen molar-refractivity contribution >= 4 is 35.3 Å². The van der Waals surface area contributed by atoms with Gasteiger partial charge in [-0.3, -0.25) is 15.6 Å². The number of allylic oxidation sites excluding steroid dienone is 2. The normalized spacial score (nSPS) is 18.7. The second-order valence-electron chi connectivity index (χ2n) is 7.59. The van der Waals surface area contributed by atoms with Crippen LogP contribution in [0.25, 0.3) is 0 Å². The van der Waals surface area contributed by atoms with Crippen LogP contribution in [0, 0.1) is 16.7 Å². The molecule has 1 atom stereocenters. The first-order valence-electron chi connectivity index (χ1n) is 10.6. The first-order valence-corrected chi connectivity index (χ1v) is 11.0. The van der Waals surface area contributed by atoms with Gasteiger partial charge in [0.1, 0.15) is 23.0 Å². The largest absolute Gasteiger partial charge is 0.434 e. The van der Waals surface area contributed by atoms with Crippen LogP contribution in [-0.4, -0.2) is 49.9 Å². The summed E-state index contributed by atoms with van der Waals surface area (Å²) in [6.07, 6.45) is 6.86. The van der Waals surface area contributed by atoms with Crippen molar-refractivity contribution in [1.29, 1.82) is 10.8 Å². The van der Waals surface area contributed by atoms with E-state index in [9.17, 15) is 13.6 Å². The van der Waals surface area contributed by atoms with Crippen molar-refractivity contribution in [2.24, 2.45) is 16.6 Å². The smallest absolute Gasteiger partial charge is 0.387 e. The second kappa shape index (κ2) is 12.1. The van der Waals surface area contributed by atoms with Gasteiger partial charge in [-0.1, -0.05) is 11.6 Å². The molecule has 1 aromatic rings. The number of aliphatic imine (C=N–C) groups is 1. The minimum Gasteiger partial charge on any atom is -0.434 e. The number of carbonyl (C=O) groups excluding carboxylic acids is 1. The number of hydrogen-bond donors (Lipinski definition) is 7. The SMILES string of the molecule is N=C(N)/C(C(=O)N/C(=C/NCC1CCNC1)C(=N)c1cc(Cl)ccc1OC(F)F)=C1/N=CC=CN1. The minimum absolute atomic E-state index is 0.0397. The maximum absolute atomic E-state index is 13.1. The highest BCUT2D eigenvalue weighted by molar-refractivity contribution is 6.31. The summed E-state index contributed by atoms with van der Waals surface area (Å²) in [6, 6.07) is 3.85. The molecule has 10 nitrogen and oxygen atoms in total. The molecule has 35 heavy (non-hydrogen) atoms. The fourth-order valence-electron chi connectivity index (χ4n) is 3.43. The molecule has 0 saturated carbocycles. The predicted octanol–water partition coefficient (Wildman–Crippen LogP) is 1.80. The lowest BCUT2D eigenvalue weighted by atomic mass is 10.1. The van der Waals surface area contributed by atoms with E-state index in [2.05, 4.69) is 31.0 Å². The molecule has 2 aliphatic heterocycles. The summed E-state index contributed by atoms with van der Waals surface area (Å²) in [5, 5.41) is 28.3. The van der Waals surface area contributed by atoms with Crippen LogP contribution in [0.1, 0.15) is 12.0 Å². The van der Waals surface area contributed by atoms with Gasteiger partial charge in [0.25, 0.3) is 5.91 Å². The molecule has 1 fully saturated rings. The maximum Gasteiger partial charge on any atom is 0.387 e. The summed E-state index contributed by atoms with van der Waals surface area (Å²) >= 11 is 6.04. The van der Waals surface area contributed by atoms with Gasteiger partial charge in [-0.15, -0.1) is 0 Å². The number of nitrogens with one attached hydrogen (secondary N) is 6. The summed E-state index contributed by atoms with van der Waals surface area (Å²) in [5.41, 5.74) is 4.87. The van der Waals surface area contributed by atoms with E-state index in [0.29, 0.717) is 12.5 Å². The molecule has 1 unspecified atom stereocenters. The van der Waals surface area contributed by atoms with E-state index >= 15 is 0 Å². The van der Waals surface area contributed by atoms with E-state index in [1.165, 1.54) is 36.8 Å². The molecule has 0 spiro atoms. The van der Waals surface area contributed by atoms with E-state index in [4.69, 9.17) is 28.2 Å². The summed E-state index contributed by atoms with van der Waals surface area (Å²) in [4.78, 5) is 17.1. The topological polar surface area (TPSA) is 160 Å². The van der Waals surface area contributed by atoms with Crippen molar-refractivity contribution in [3.05, 3.63) is 64.4 Å². The minimum atomic E-state index is -3.13. The average molecular weight is 507 g/mol. The number of hydrogen-bond acceptors (Lipinski definition) is 8. The van der Waals surface area contributed by atoms with Gasteiger partial charge < -0.3 is 31.7 Å². The Morgan fingerprint density at radius 2 is 2.20 bits per heavy atom. The molecule has 1 amide bonds. The number of nitrogens with two attached hydrogens (primary N) is 1. The summed E-state index contributed by atoms with van der Waals surface area (Å²) in [7, 11) is 0. The Bertz CT molecular complexity index is 1110. The second-order valence-corrected chi connectivity index (χ2v) is 8.03. The first-order chi connectivity index (χ1) is 16.8. The molecular formula is C22H25ClF2N8O2. The first kappa shape index (κ1) is 25.8. The van der Waals surface area contributed by atoms with Crippen LogP contribution in [0.3, 0.4) is 0 Å². The molecular weight excluding hydrogens is 482 g/mol. The number of alkyl halides is 2. The van der Waals surface area contributed by atoms with Crippen LogP contribution >= 0.6 is 11.6 Å².